The molecule has 9 heteroatoms. The zero-order valence-corrected chi connectivity index (χ0v) is 17.0. The van der Waals surface area contributed by atoms with Gasteiger partial charge in [-0.05, 0) is 31.5 Å². The molecule has 9 nitrogen and oxygen atoms in total. The predicted octanol–water partition coefficient (Wildman–Crippen LogP) is 3.04. The molecule has 1 aromatic carbocycles. The number of non-ortho nitro benzene ring substituents is 1. The molecular weight excluding hydrogens is 382 g/mol. The number of hydrogen-bond acceptors (Lipinski definition) is 8. The van der Waals surface area contributed by atoms with Crippen molar-refractivity contribution in [3.63, 3.8) is 0 Å². The highest BCUT2D eigenvalue weighted by Gasteiger charge is 2.21. The van der Waals surface area contributed by atoms with Gasteiger partial charge < -0.3 is 9.80 Å². The minimum absolute atomic E-state index is 0.0571. The molecular formula is C21H23N7O2. The Bertz CT molecular complexity index is 1050. The molecule has 1 aliphatic rings. The number of nitrogens with zero attached hydrogens (tertiary/aromatic N) is 7. The molecule has 0 N–H and O–H groups in total. The predicted molar refractivity (Wildman–Crippen MR) is 115 cm³/mol. The lowest BCUT2D eigenvalue weighted by atomic mass is 10.2. The highest BCUT2D eigenvalue weighted by atomic mass is 16.6. The van der Waals surface area contributed by atoms with E-state index in [1.165, 1.54) is 12.1 Å². The van der Waals surface area contributed by atoms with Gasteiger partial charge in [-0.1, -0.05) is 6.92 Å². The van der Waals surface area contributed by atoms with E-state index in [2.05, 4.69) is 31.7 Å². The molecule has 30 heavy (non-hydrogen) atoms. The number of aromatic nitrogens is 4. The third-order valence-electron chi connectivity index (χ3n) is 5.15. The van der Waals surface area contributed by atoms with E-state index in [0.29, 0.717) is 5.82 Å². The van der Waals surface area contributed by atoms with Gasteiger partial charge in [0.15, 0.2) is 5.82 Å². The Morgan fingerprint density at radius 3 is 2.23 bits per heavy atom. The SMILES string of the molecule is CCc1cc(N2CCN(c3ccnc(C)n3)CC2)nc(-c2ccc([N+](=O)[O-])cc2)n1. The van der Waals surface area contributed by atoms with E-state index in [1.807, 2.05) is 19.1 Å². The molecule has 0 unspecified atom stereocenters. The smallest absolute Gasteiger partial charge is 0.269 e. The fourth-order valence-corrected chi connectivity index (χ4v) is 3.47. The topological polar surface area (TPSA) is 101 Å². The van der Waals surface area contributed by atoms with E-state index in [9.17, 15) is 10.1 Å². The molecule has 0 saturated carbocycles. The maximum atomic E-state index is 10.9. The van der Waals surface area contributed by atoms with Crippen LogP contribution in [0.25, 0.3) is 11.4 Å². The van der Waals surface area contributed by atoms with Crippen molar-refractivity contribution >= 4 is 17.3 Å². The Balaban J connectivity index is 1.54. The first-order valence-electron chi connectivity index (χ1n) is 9.96. The minimum atomic E-state index is -0.406. The molecule has 2 aromatic heterocycles. The number of benzene rings is 1. The first kappa shape index (κ1) is 19.7. The molecule has 3 aromatic rings. The lowest BCUT2D eigenvalue weighted by molar-refractivity contribution is -0.384. The van der Waals surface area contributed by atoms with Gasteiger partial charge in [0, 0.05) is 61.8 Å². The summed E-state index contributed by atoms with van der Waals surface area (Å²) in [4.78, 5) is 33.1. The summed E-state index contributed by atoms with van der Waals surface area (Å²) < 4.78 is 0. The normalized spacial score (nSPS) is 14.1. The summed E-state index contributed by atoms with van der Waals surface area (Å²) in [7, 11) is 0. The number of rotatable bonds is 5. The number of hydrogen-bond donors (Lipinski definition) is 0. The second-order valence-corrected chi connectivity index (χ2v) is 7.13. The molecule has 0 atom stereocenters. The average Bonchev–Trinajstić information content (AvgIpc) is 2.79. The Hall–Kier alpha value is -3.62. The van der Waals surface area contributed by atoms with Gasteiger partial charge in [-0.3, -0.25) is 10.1 Å². The molecule has 0 amide bonds. The summed E-state index contributed by atoms with van der Waals surface area (Å²) in [6.07, 6.45) is 2.58. The van der Waals surface area contributed by atoms with Crippen molar-refractivity contribution in [1.82, 2.24) is 19.9 Å². The van der Waals surface area contributed by atoms with Gasteiger partial charge in [-0.25, -0.2) is 19.9 Å². The number of anilines is 2. The molecule has 0 spiro atoms. The number of aryl methyl sites for hydroxylation is 2. The van der Waals surface area contributed by atoms with Gasteiger partial charge in [0.05, 0.1) is 4.92 Å². The van der Waals surface area contributed by atoms with Crippen molar-refractivity contribution in [2.45, 2.75) is 20.3 Å². The van der Waals surface area contributed by atoms with Crippen LogP contribution in [0.5, 0.6) is 0 Å². The van der Waals surface area contributed by atoms with Gasteiger partial charge in [0.1, 0.15) is 17.5 Å². The first-order valence-corrected chi connectivity index (χ1v) is 9.96. The molecule has 0 bridgehead atoms. The summed E-state index contributed by atoms with van der Waals surface area (Å²) in [5, 5.41) is 10.9. The molecule has 154 valence electrons. The number of nitro groups is 1. The number of nitro benzene ring substituents is 1. The lowest BCUT2D eigenvalue weighted by Crippen LogP contribution is -2.47. The van der Waals surface area contributed by atoms with Crippen molar-refractivity contribution < 1.29 is 4.92 Å². The van der Waals surface area contributed by atoms with Crippen LogP contribution < -0.4 is 9.80 Å². The molecule has 0 aliphatic carbocycles. The van der Waals surface area contributed by atoms with E-state index in [1.54, 1.807) is 18.3 Å². The minimum Gasteiger partial charge on any atom is -0.353 e. The van der Waals surface area contributed by atoms with Crippen LogP contribution in [0.3, 0.4) is 0 Å². The van der Waals surface area contributed by atoms with Crippen LogP contribution >= 0.6 is 0 Å². The van der Waals surface area contributed by atoms with Gasteiger partial charge in [0.2, 0.25) is 0 Å². The zero-order chi connectivity index (χ0) is 21.1. The molecule has 4 rings (SSSR count). The molecule has 1 aliphatic heterocycles. The van der Waals surface area contributed by atoms with Crippen LogP contribution in [-0.4, -0.2) is 51.0 Å². The Morgan fingerprint density at radius 2 is 1.63 bits per heavy atom. The van der Waals surface area contributed by atoms with E-state index < -0.39 is 4.92 Å². The van der Waals surface area contributed by atoms with Gasteiger partial charge in [-0.2, -0.15) is 0 Å². The third-order valence-corrected chi connectivity index (χ3v) is 5.15. The summed E-state index contributed by atoms with van der Waals surface area (Å²) >= 11 is 0. The quantitative estimate of drug-likeness (QED) is 0.472. The van der Waals surface area contributed by atoms with E-state index >= 15 is 0 Å². The van der Waals surface area contributed by atoms with Crippen LogP contribution in [0.2, 0.25) is 0 Å². The first-order chi connectivity index (χ1) is 14.5. The maximum Gasteiger partial charge on any atom is 0.269 e. The van der Waals surface area contributed by atoms with Crippen LogP contribution in [0.15, 0.2) is 42.6 Å². The van der Waals surface area contributed by atoms with Crippen molar-refractivity contribution in [2.24, 2.45) is 0 Å². The van der Waals surface area contributed by atoms with E-state index in [4.69, 9.17) is 4.98 Å². The molecule has 0 radical (unpaired) electrons. The van der Waals surface area contributed by atoms with Crippen LogP contribution in [0.1, 0.15) is 18.4 Å². The third kappa shape index (κ3) is 4.19. The second-order valence-electron chi connectivity index (χ2n) is 7.13. The van der Waals surface area contributed by atoms with Gasteiger partial charge in [0.25, 0.3) is 5.69 Å². The Morgan fingerprint density at radius 1 is 0.967 bits per heavy atom. The monoisotopic (exact) mass is 405 g/mol. The van der Waals surface area contributed by atoms with Crippen LogP contribution in [0.4, 0.5) is 17.3 Å². The van der Waals surface area contributed by atoms with Crippen molar-refractivity contribution in [3.05, 3.63) is 64.2 Å². The molecule has 1 fully saturated rings. The summed E-state index contributed by atoms with van der Waals surface area (Å²) in [5.74, 6) is 3.19. The van der Waals surface area contributed by atoms with Gasteiger partial charge in [-0.15, -0.1) is 0 Å². The summed E-state index contributed by atoms with van der Waals surface area (Å²) in [6, 6.07) is 10.3. The average molecular weight is 405 g/mol. The highest BCUT2D eigenvalue weighted by molar-refractivity contribution is 5.60. The van der Waals surface area contributed by atoms with Crippen molar-refractivity contribution in [3.8, 4) is 11.4 Å². The van der Waals surface area contributed by atoms with Crippen molar-refractivity contribution in [1.29, 1.82) is 0 Å². The summed E-state index contributed by atoms with van der Waals surface area (Å²) in [5.41, 5.74) is 1.77. The van der Waals surface area contributed by atoms with E-state index in [-0.39, 0.29) is 5.69 Å². The Kier molecular flexibility index (Phi) is 5.51. The van der Waals surface area contributed by atoms with E-state index in [0.717, 1.165) is 61.3 Å². The maximum absolute atomic E-state index is 10.9. The fraction of sp³-hybridized carbons (Fsp3) is 0.333. The highest BCUT2D eigenvalue weighted by Crippen LogP contribution is 2.24. The standard InChI is InChI=1S/C21H23N7O2/c1-3-17-14-20(25-21(24-17)16-4-6-18(7-5-16)28(29)30)27-12-10-26(11-13-27)19-8-9-22-15(2)23-19/h4-9,14H,3,10-13H2,1-2H3. The zero-order valence-electron chi connectivity index (χ0n) is 17.0. The number of piperazine rings is 1. The molecule has 3 heterocycles. The van der Waals surface area contributed by atoms with Crippen molar-refractivity contribution in [2.75, 3.05) is 36.0 Å². The summed E-state index contributed by atoms with van der Waals surface area (Å²) in [6.45, 7) is 7.28. The lowest BCUT2D eigenvalue weighted by Gasteiger charge is -2.36. The Labute approximate surface area is 174 Å². The van der Waals surface area contributed by atoms with Crippen LogP contribution in [0, 0.1) is 17.0 Å². The largest absolute Gasteiger partial charge is 0.353 e. The second kappa shape index (κ2) is 8.40. The fourth-order valence-electron chi connectivity index (χ4n) is 3.47. The van der Waals surface area contributed by atoms with Crippen LogP contribution in [-0.2, 0) is 6.42 Å². The van der Waals surface area contributed by atoms with Gasteiger partial charge >= 0.3 is 0 Å². The molecule has 1 saturated heterocycles.